The quantitative estimate of drug-likeness (QED) is 0.455. The summed E-state index contributed by atoms with van der Waals surface area (Å²) in [6, 6.07) is 15.2. The molecule has 0 aromatic heterocycles. The number of carbonyl (C=O) groups excluding carboxylic acids is 1. The van der Waals surface area contributed by atoms with Gasteiger partial charge in [-0.3, -0.25) is 4.79 Å². The lowest BCUT2D eigenvalue weighted by Gasteiger charge is -2.33. The fourth-order valence-corrected chi connectivity index (χ4v) is 5.69. The van der Waals surface area contributed by atoms with Gasteiger partial charge in [-0.1, -0.05) is 61.7 Å². The van der Waals surface area contributed by atoms with Gasteiger partial charge >= 0.3 is 0 Å². The van der Waals surface area contributed by atoms with E-state index in [2.05, 4.69) is 42.5 Å². The maximum atomic E-state index is 13.6. The predicted octanol–water partition coefficient (Wildman–Crippen LogP) is 5.55. The number of allylic oxidation sites excluding steroid dienone is 1. The monoisotopic (exact) mass is 475 g/mol. The molecule has 186 valence electrons. The highest BCUT2D eigenvalue weighted by Gasteiger charge is 2.33. The van der Waals surface area contributed by atoms with Crippen molar-refractivity contribution in [2.45, 2.75) is 70.0 Å². The molecule has 1 aliphatic carbocycles. The van der Waals surface area contributed by atoms with Crippen molar-refractivity contribution in [1.29, 1.82) is 0 Å². The van der Waals surface area contributed by atoms with Crippen LogP contribution in [0.3, 0.4) is 0 Å². The maximum absolute atomic E-state index is 13.6. The van der Waals surface area contributed by atoms with Crippen LogP contribution in [-0.4, -0.2) is 48.5 Å². The number of carbonyl (C=O) groups is 1. The van der Waals surface area contributed by atoms with Gasteiger partial charge in [-0.2, -0.15) is 0 Å². The van der Waals surface area contributed by atoms with Crippen LogP contribution in [0.25, 0.3) is 11.1 Å². The van der Waals surface area contributed by atoms with Crippen molar-refractivity contribution in [2.75, 3.05) is 26.3 Å². The Balaban J connectivity index is 1.42. The minimum atomic E-state index is -0.461. The second-order valence-corrected chi connectivity index (χ2v) is 9.99. The van der Waals surface area contributed by atoms with Crippen molar-refractivity contribution in [3.05, 3.63) is 71.0 Å². The highest BCUT2D eigenvalue weighted by molar-refractivity contribution is 5.92. The fourth-order valence-electron chi connectivity index (χ4n) is 5.69. The summed E-state index contributed by atoms with van der Waals surface area (Å²) in [5.74, 6) is 0.489. The molecule has 1 saturated heterocycles. The number of amides is 1. The molecule has 35 heavy (non-hydrogen) atoms. The first-order valence-corrected chi connectivity index (χ1v) is 13.3. The minimum Gasteiger partial charge on any atom is -0.459 e. The molecule has 5 heteroatoms. The van der Waals surface area contributed by atoms with Crippen LogP contribution >= 0.6 is 0 Å². The Morgan fingerprint density at radius 3 is 2.57 bits per heavy atom. The molecular formula is C30H37NO4. The van der Waals surface area contributed by atoms with E-state index in [-0.39, 0.29) is 18.4 Å². The van der Waals surface area contributed by atoms with Gasteiger partial charge < -0.3 is 19.5 Å². The normalized spacial score (nSPS) is 21.9. The summed E-state index contributed by atoms with van der Waals surface area (Å²) in [6.07, 6.45) is 10.4. The van der Waals surface area contributed by atoms with Crippen LogP contribution in [0.4, 0.5) is 0 Å². The maximum Gasteiger partial charge on any atom is 0.288 e. The molecule has 2 heterocycles. The van der Waals surface area contributed by atoms with Crippen molar-refractivity contribution in [3.63, 3.8) is 0 Å². The summed E-state index contributed by atoms with van der Waals surface area (Å²) in [7, 11) is 0. The number of aliphatic hydroxyl groups is 1. The lowest BCUT2D eigenvalue weighted by Crippen LogP contribution is -2.38. The van der Waals surface area contributed by atoms with E-state index in [9.17, 15) is 4.79 Å². The Morgan fingerprint density at radius 1 is 0.971 bits per heavy atom. The van der Waals surface area contributed by atoms with Gasteiger partial charge in [0.1, 0.15) is 0 Å². The number of rotatable bonds is 7. The third-order valence-electron chi connectivity index (χ3n) is 7.55. The fraction of sp³-hybridized carbons (Fsp3) is 0.500. The molecule has 1 N–H and O–H groups in total. The first-order valence-electron chi connectivity index (χ1n) is 13.3. The molecule has 2 atom stereocenters. The second-order valence-electron chi connectivity index (χ2n) is 9.99. The van der Waals surface area contributed by atoms with Gasteiger partial charge in [-0.15, -0.1) is 0 Å². The molecule has 2 aromatic rings. The van der Waals surface area contributed by atoms with Gasteiger partial charge in [0.25, 0.3) is 5.91 Å². The van der Waals surface area contributed by atoms with E-state index in [1.165, 1.54) is 47.1 Å². The third kappa shape index (κ3) is 5.46. The predicted molar refractivity (Wildman–Crippen MR) is 137 cm³/mol. The number of aliphatic hydroxyl groups excluding tert-OH is 1. The highest BCUT2D eigenvalue weighted by Crippen LogP contribution is 2.43. The van der Waals surface area contributed by atoms with Gasteiger partial charge in [0.05, 0.1) is 6.61 Å². The molecule has 1 fully saturated rings. The number of hydrogen-bond acceptors (Lipinski definition) is 4. The standard InChI is InChI=1S/C30H37NO4/c32-17-8-9-18-34-29-21-23(20-28(35-29)30(33)31-15-6-2-1-3-7-16-31)25-13-10-14-26-24-12-5-4-11-22(24)19-27(25)26/h4-5,10-14,20,23,29,32H,1-3,6-9,15-19,21H2/t23-,29+/m0/s1. The van der Waals surface area contributed by atoms with Gasteiger partial charge in [-0.05, 0) is 66.0 Å². The molecule has 5 nitrogen and oxygen atoms in total. The van der Waals surface area contributed by atoms with E-state index < -0.39 is 6.29 Å². The van der Waals surface area contributed by atoms with Crippen LogP contribution in [0, 0.1) is 0 Å². The highest BCUT2D eigenvalue weighted by atomic mass is 16.7. The number of fused-ring (bicyclic) bond motifs is 3. The van der Waals surface area contributed by atoms with Gasteiger partial charge in [0.2, 0.25) is 6.29 Å². The van der Waals surface area contributed by atoms with Gasteiger partial charge in [0.15, 0.2) is 5.76 Å². The van der Waals surface area contributed by atoms with E-state index in [4.69, 9.17) is 14.6 Å². The largest absolute Gasteiger partial charge is 0.459 e. The molecule has 0 unspecified atom stereocenters. The Kier molecular flexibility index (Phi) is 7.85. The third-order valence-corrected chi connectivity index (χ3v) is 7.55. The second kappa shape index (κ2) is 11.4. The van der Waals surface area contributed by atoms with E-state index >= 15 is 0 Å². The van der Waals surface area contributed by atoms with Crippen molar-refractivity contribution in [3.8, 4) is 11.1 Å². The summed E-state index contributed by atoms with van der Waals surface area (Å²) in [6.45, 7) is 2.26. The molecule has 0 bridgehead atoms. The minimum absolute atomic E-state index is 0.00331. The average Bonchev–Trinajstić information content (AvgIpc) is 3.25. The van der Waals surface area contributed by atoms with Crippen molar-refractivity contribution in [1.82, 2.24) is 4.90 Å². The molecule has 3 aliphatic rings. The average molecular weight is 476 g/mol. The number of likely N-dealkylation sites (tertiary alicyclic amines) is 1. The van der Waals surface area contributed by atoms with Gasteiger partial charge in [-0.25, -0.2) is 0 Å². The number of unbranched alkanes of at least 4 members (excludes halogenated alkanes) is 1. The zero-order chi connectivity index (χ0) is 24.0. The zero-order valence-electron chi connectivity index (χ0n) is 20.6. The SMILES string of the molecule is O=C(C1=C[C@H](c2cccc3c2Cc2ccccc2-3)C[C@H](OCCCCO)O1)N1CCCCCCC1. The molecule has 2 aromatic carbocycles. The van der Waals surface area contributed by atoms with E-state index in [1.54, 1.807) is 0 Å². The lowest BCUT2D eigenvalue weighted by molar-refractivity contribution is -0.153. The molecule has 2 aliphatic heterocycles. The van der Waals surface area contributed by atoms with Crippen molar-refractivity contribution >= 4 is 5.91 Å². The van der Waals surface area contributed by atoms with Crippen molar-refractivity contribution < 1.29 is 19.4 Å². The number of nitrogens with zero attached hydrogens (tertiary/aromatic N) is 1. The molecule has 0 saturated carbocycles. The van der Waals surface area contributed by atoms with E-state index in [0.717, 1.165) is 38.8 Å². The van der Waals surface area contributed by atoms with E-state index in [0.29, 0.717) is 25.2 Å². The number of benzene rings is 2. The molecule has 0 spiro atoms. The van der Waals surface area contributed by atoms with Gasteiger partial charge in [0, 0.05) is 32.0 Å². The molecular weight excluding hydrogens is 438 g/mol. The summed E-state index contributed by atoms with van der Waals surface area (Å²) < 4.78 is 12.3. The molecule has 0 radical (unpaired) electrons. The first-order chi connectivity index (χ1) is 17.2. The Bertz CT molecular complexity index is 1050. The van der Waals surface area contributed by atoms with Crippen LogP contribution in [0.2, 0.25) is 0 Å². The zero-order valence-corrected chi connectivity index (χ0v) is 20.6. The molecule has 1 amide bonds. The number of hydrogen-bond donors (Lipinski definition) is 1. The van der Waals surface area contributed by atoms with Crippen LogP contribution in [-0.2, 0) is 20.7 Å². The smallest absolute Gasteiger partial charge is 0.288 e. The lowest BCUT2D eigenvalue weighted by atomic mass is 9.87. The topological polar surface area (TPSA) is 59.0 Å². The summed E-state index contributed by atoms with van der Waals surface area (Å²) in [5.41, 5.74) is 6.60. The van der Waals surface area contributed by atoms with Crippen molar-refractivity contribution in [2.24, 2.45) is 0 Å². The first kappa shape index (κ1) is 24.1. The number of ether oxygens (including phenoxy) is 2. The summed E-state index contributed by atoms with van der Waals surface area (Å²) >= 11 is 0. The van der Waals surface area contributed by atoms with Crippen LogP contribution < -0.4 is 0 Å². The van der Waals surface area contributed by atoms with E-state index in [1.807, 2.05) is 11.0 Å². The summed E-state index contributed by atoms with van der Waals surface area (Å²) in [4.78, 5) is 15.5. The Hall–Kier alpha value is -2.63. The Morgan fingerprint density at radius 2 is 1.74 bits per heavy atom. The van der Waals surface area contributed by atoms with Crippen LogP contribution in [0.15, 0.2) is 54.3 Å². The van der Waals surface area contributed by atoms with Crippen LogP contribution in [0.1, 0.15) is 74.0 Å². The molecule has 5 rings (SSSR count). The summed E-state index contributed by atoms with van der Waals surface area (Å²) in [5, 5.41) is 9.11. The van der Waals surface area contributed by atoms with Crippen LogP contribution in [0.5, 0.6) is 0 Å². The Labute approximate surface area is 208 Å².